The lowest BCUT2D eigenvalue weighted by atomic mass is 9.96. The number of thiophene rings is 1. The van der Waals surface area contributed by atoms with Crippen LogP contribution in [0.3, 0.4) is 0 Å². The zero-order valence-corrected chi connectivity index (χ0v) is 14.9. The van der Waals surface area contributed by atoms with Crippen molar-refractivity contribution < 1.29 is 4.74 Å². The van der Waals surface area contributed by atoms with Gasteiger partial charge in [0.05, 0.1) is 18.6 Å². The zero-order chi connectivity index (χ0) is 15.8. The molecule has 2 aromatic rings. The lowest BCUT2D eigenvalue weighted by Gasteiger charge is -2.29. The number of fused-ring (bicyclic) bond motifs is 3. The van der Waals surface area contributed by atoms with Gasteiger partial charge in [0.25, 0.3) is 0 Å². The molecule has 0 bridgehead atoms. The Morgan fingerprint density at radius 3 is 2.74 bits per heavy atom. The summed E-state index contributed by atoms with van der Waals surface area (Å²) in [5.74, 6) is 2.60. The van der Waals surface area contributed by atoms with Gasteiger partial charge in [0.15, 0.2) is 0 Å². The summed E-state index contributed by atoms with van der Waals surface area (Å²) in [7, 11) is 0. The number of hydrogen-bond acceptors (Lipinski definition) is 5. The van der Waals surface area contributed by atoms with E-state index in [-0.39, 0.29) is 0 Å². The molecule has 2 aliphatic rings. The van der Waals surface area contributed by atoms with Crippen molar-refractivity contribution in [2.45, 2.75) is 51.9 Å². The minimum Gasteiger partial charge on any atom is -0.378 e. The number of anilines is 1. The largest absolute Gasteiger partial charge is 0.378 e. The van der Waals surface area contributed by atoms with Crippen molar-refractivity contribution in [3.63, 3.8) is 0 Å². The quantitative estimate of drug-likeness (QED) is 0.854. The average molecular weight is 331 g/mol. The molecular formula is C18H25N3OS. The van der Waals surface area contributed by atoms with Crippen LogP contribution < -0.4 is 4.90 Å². The molecule has 0 saturated carbocycles. The summed E-state index contributed by atoms with van der Waals surface area (Å²) in [5.41, 5.74) is 1.54. The summed E-state index contributed by atoms with van der Waals surface area (Å²) >= 11 is 1.91. The molecule has 1 aliphatic carbocycles. The summed E-state index contributed by atoms with van der Waals surface area (Å²) in [6.07, 6.45) is 6.11. The molecule has 0 N–H and O–H groups in total. The Bertz CT molecular complexity index is 706. The molecule has 1 saturated heterocycles. The Labute approximate surface area is 141 Å². The predicted molar refractivity (Wildman–Crippen MR) is 95.8 cm³/mol. The highest BCUT2D eigenvalue weighted by molar-refractivity contribution is 7.19. The van der Waals surface area contributed by atoms with Crippen LogP contribution in [-0.4, -0.2) is 36.3 Å². The molecule has 124 valence electrons. The fourth-order valence-electron chi connectivity index (χ4n) is 3.56. The second-order valence-electron chi connectivity index (χ2n) is 6.71. The average Bonchev–Trinajstić information content (AvgIpc) is 2.99. The van der Waals surface area contributed by atoms with Crippen molar-refractivity contribution in [3.8, 4) is 0 Å². The molecule has 0 spiro atoms. The van der Waals surface area contributed by atoms with Crippen LogP contribution in [0.2, 0.25) is 0 Å². The van der Waals surface area contributed by atoms with Gasteiger partial charge in [0.1, 0.15) is 16.5 Å². The van der Waals surface area contributed by atoms with Gasteiger partial charge in [-0.25, -0.2) is 9.97 Å². The Balaban J connectivity index is 1.89. The number of rotatable bonds is 3. The normalized spacial score (nSPS) is 19.8. The standard InChI is InChI=1S/C18H25N3OS/c1-3-12(2)16-19-17(21-8-10-22-11-9-21)15-13-6-4-5-7-14(13)23-18(15)20-16/h12H,3-11H2,1-2H3/t12-/m0/s1. The molecule has 4 rings (SSSR count). The SMILES string of the molecule is CC[C@H](C)c1nc(N2CCOCC2)c2c3c(sc2n1)CCCC3. The van der Waals surface area contributed by atoms with Crippen LogP contribution in [0.15, 0.2) is 0 Å². The predicted octanol–water partition coefficient (Wildman–Crippen LogP) is 3.92. The lowest BCUT2D eigenvalue weighted by Crippen LogP contribution is -2.37. The highest BCUT2D eigenvalue weighted by Crippen LogP contribution is 2.40. The van der Waals surface area contributed by atoms with Gasteiger partial charge in [-0.05, 0) is 37.7 Å². The molecule has 5 heteroatoms. The Hall–Kier alpha value is -1.20. The zero-order valence-electron chi connectivity index (χ0n) is 14.1. The third-order valence-corrected chi connectivity index (χ3v) is 6.36. The number of aromatic nitrogens is 2. The molecule has 23 heavy (non-hydrogen) atoms. The molecule has 4 nitrogen and oxygen atoms in total. The fraction of sp³-hybridized carbons (Fsp3) is 0.667. The molecular weight excluding hydrogens is 306 g/mol. The van der Waals surface area contributed by atoms with E-state index in [1.54, 1.807) is 4.88 Å². The topological polar surface area (TPSA) is 38.2 Å². The van der Waals surface area contributed by atoms with Gasteiger partial charge in [0.2, 0.25) is 0 Å². The van der Waals surface area contributed by atoms with Crippen LogP contribution in [0, 0.1) is 0 Å². The first-order valence-electron chi connectivity index (χ1n) is 8.92. The van der Waals surface area contributed by atoms with Gasteiger partial charge in [-0.1, -0.05) is 13.8 Å². The van der Waals surface area contributed by atoms with E-state index in [0.717, 1.165) is 38.5 Å². The molecule has 0 aromatic carbocycles. The van der Waals surface area contributed by atoms with Crippen molar-refractivity contribution in [1.29, 1.82) is 0 Å². The minimum atomic E-state index is 0.415. The first-order chi connectivity index (χ1) is 11.3. The molecule has 0 amide bonds. The summed E-state index contributed by atoms with van der Waals surface area (Å²) in [5, 5.41) is 1.35. The van der Waals surface area contributed by atoms with E-state index in [2.05, 4.69) is 18.7 Å². The third-order valence-electron chi connectivity index (χ3n) is 5.18. The van der Waals surface area contributed by atoms with Crippen LogP contribution in [0.1, 0.15) is 55.3 Å². The van der Waals surface area contributed by atoms with E-state index in [4.69, 9.17) is 14.7 Å². The lowest BCUT2D eigenvalue weighted by molar-refractivity contribution is 0.122. The van der Waals surface area contributed by atoms with Gasteiger partial charge < -0.3 is 9.64 Å². The first-order valence-corrected chi connectivity index (χ1v) is 9.74. The second kappa shape index (κ2) is 6.36. The number of morpholine rings is 1. The van der Waals surface area contributed by atoms with Crippen molar-refractivity contribution in [2.75, 3.05) is 31.2 Å². The van der Waals surface area contributed by atoms with Crippen LogP contribution in [-0.2, 0) is 17.6 Å². The summed E-state index contributed by atoms with van der Waals surface area (Å²) < 4.78 is 5.54. The molecule has 3 heterocycles. The summed E-state index contributed by atoms with van der Waals surface area (Å²) in [4.78, 5) is 15.2. The summed E-state index contributed by atoms with van der Waals surface area (Å²) in [6, 6.07) is 0. The molecule has 1 fully saturated rings. The van der Waals surface area contributed by atoms with Crippen molar-refractivity contribution >= 4 is 27.4 Å². The smallest absolute Gasteiger partial charge is 0.141 e. The molecule has 1 atom stereocenters. The van der Waals surface area contributed by atoms with E-state index in [0.29, 0.717) is 5.92 Å². The Morgan fingerprint density at radius 2 is 1.96 bits per heavy atom. The van der Waals surface area contributed by atoms with Gasteiger partial charge >= 0.3 is 0 Å². The monoisotopic (exact) mass is 331 g/mol. The highest BCUT2D eigenvalue weighted by Gasteiger charge is 2.25. The van der Waals surface area contributed by atoms with Crippen LogP contribution in [0.25, 0.3) is 10.2 Å². The van der Waals surface area contributed by atoms with Gasteiger partial charge in [-0.3, -0.25) is 0 Å². The summed E-state index contributed by atoms with van der Waals surface area (Å²) in [6.45, 7) is 7.93. The number of aryl methyl sites for hydroxylation is 2. The fourth-order valence-corrected chi connectivity index (χ4v) is 4.82. The van der Waals surface area contributed by atoms with E-state index in [9.17, 15) is 0 Å². The number of nitrogens with zero attached hydrogens (tertiary/aromatic N) is 3. The number of ether oxygens (including phenoxy) is 1. The Kier molecular flexibility index (Phi) is 4.24. The van der Waals surface area contributed by atoms with Crippen LogP contribution >= 0.6 is 11.3 Å². The van der Waals surface area contributed by atoms with E-state index in [1.165, 1.54) is 47.3 Å². The maximum absolute atomic E-state index is 5.54. The van der Waals surface area contributed by atoms with E-state index in [1.807, 2.05) is 11.3 Å². The van der Waals surface area contributed by atoms with Crippen LogP contribution in [0.5, 0.6) is 0 Å². The third kappa shape index (κ3) is 2.74. The van der Waals surface area contributed by atoms with Crippen molar-refractivity contribution in [3.05, 3.63) is 16.3 Å². The molecule has 2 aromatic heterocycles. The van der Waals surface area contributed by atoms with Gasteiger partial charge in [-0.15, -0.1) is 11.3 Å². The van der Waals surface area contributed by atoms with Gasteiger partial charge in [0, 0.05) is 23.9 Å². The van der Waals surface area contributed by atoms with E-state index < -0.39 is 0 Å². The first kappa shape index (κ1) is 15.3. The second-order valence-corrected chi connectivity index (χ2v) is 7.79. The van der Waals surface area contributed by atoms with Crippen molar-refractivity contribution in [1.82, 2.24) is 9.97 Å². The van der Waals surface area contributed by atoms with Crippen molar-refractivity contribution in [2.24, 2.45) is 0 Å². The van der Waals surface area contributed by atoms with E-state index >= 15 is 0 Å². The molecule has 0 unspecified atom stereocenters. The Morgan fingerprint density at radius 1 is 1.17 bits per heavy atom. The maximum atomic E-state index is 5.54. The van der Waals surface area contributed by atoms with Gasteiger partial charge in [-0.2, -0.15) is 0 Å². The number of hydrogen-bond donors (Lipinski definition) is 0. The molecule has 1 aliphatic heterocycles. The highest BCUT2D eigenvalue weighted by atomic mass is 32.1. The minimum absolute atomic E-state index is 0.415. The van der Waals surface area contributed by atoms with Crippen LogP contribution in [0.4, 0.5) is 5.82 Å². The molecule has 0 radical (unpaired) electrons. The maximum Gasteiger partial charge on any atom is 0.141 e.